The number of Topliss-reactive ketones (excluding diaryl/α,β-unsaturated/α-hetero) is 1. The first-order chi connectivity index (χ1) is 12.5. The summed E-state index contributed by atoms with van der Waals surface area (Å²) in [5.41, 5.74) is 3.51. The Bertz CT molecular complexity index is 938. The molecule has 0 aliphatic rings. The lowest BCUT2D eigenvalue weighted by Crippen LogP contribution is -2.07. The SMILES string of the molecule is COc1cc(C)c(C(=O)CSc2nnc(-c3ccncc3)n2C)cc1C. The van der Waals surface area contributed by atoms with Crippen molar-refractivity contribution in [2.75, 3.05) is 12.9 Å². The lowest BCUT2D eigenvalue weighted by atomic mass is 10.0. The molecule has 1 aromatic carbocycles. The summed E-state index contributed by atoms with van der Waals surface area (Å²) in [7, 11) is 3.53. The standard InChI is InChI=1S/C19H20N4O2S/c1-12-10-17(25-4)13(2)9-15(12)16(24)11-26-19-22-21-18(23(19)3)14-5-7-20-8-6-14/h5-10H,11H2,1-4H3. The highest BCUT2D eigenvalue weighted by molar-refractivity contribution is 7.99. The minimum Gasteiger partial charge on any atom is -0.496 e. The van der Waals surface area contributed by atoms with Gasteiger partial charge in [0.2, 0.25) is 0 Å². The van der Waals surface area contributed by atoms with Crippen LogP contribution in [0, 0.1) is 13.8 Å². The van der Waals surface area contributed by atoms with Gasteiger partial charge in [-0.2, -0.15) is 0 Å². The molecule has 0 radical (unpaired) electrons. The highest BCUT2D eigenvalue weighted by Crippen LogP contribution is 2.26. The van der Waals surface area contributed by atoms with Gasteiger partial charge in [0.25, 0.3) is 0 Å². The van der Waals surface area contributed by atoms with Crippen molar-refractivity contribution in [2.45, 2.75) is 19.0 Å². The van der Waals surface area contributed by atoms with E-state index in [1.807, 2.05) is 49.7 Å². The summed E-state index contributed by atoms with van der Waals surface area (Å²) in [5.74, 6) is 1.90. The minimum absolute atomic E-state index is 0.0618. The highest BCUT2D eigenvalue weighted by atomic mass is 32.2. The fourth-order valence-corrected chi connectivity index (χ4v) is 3.51. The van der Waals surface area contributed by atoms with Crippen LogP contribution in [0.15, 0.2) is 41.8 Å². The molecule has 6 nitrogen and oxygen atoms in total. The molecule has 3 rings (SSSR count). The molecule has 0 bridgehead atoms. The Balaban J connectivity index is 1.75. The summed E-state index contributed by atoms with van der Waals surface area (Å²) < 4.78 is 7.20. The Labute approximate surface area is 156 Å². The Kier molecular flexibility index (Phi) is 5.37. The third-order valence-electron chi connectivity index (χ3n) is 4.15. The number of rotatable bonds is 6. The van der Waals surface area contributed by atoms with Crippen LogP contribution in [0.1, 0.15) is 21.5 Å². The third kappa shape index (κ3) is 3.62. The van der Waals surface area contributed by atoms with E-state index >= 15 is 0 Å². The Hall–Kier alpha value is -2.67. The van der Waals surface area contributed by atoms with Crippen molar-refractivity contribution >= 4 is 17.5 Å². The van der Waals surface area contributed by atoms with Crippen molar-refractivity contribution in [3.05, 3.63) is 53.3 Å². The van der Waals surface area contributed by atoms with E-state index in [-0.39, 0.29) is 5.78 Å². The number of methoxy groups -OCH3 is 1. The summed E-state index contributed by atoms with van der Waals surface area (Å²) in [4.78, 5) is 16.7. The number of carbonyl (C=O) groups excluding carboxylic acids is 1. The molecule has 0 aliphatic heterocycles. The zero-order valence-corrected chi connectivity index (χ0v) is 16.0. The number of ether oxygens (including phenoxy) is 1. The van der Waals surface area contributed by atoms with Gasteiger partial charge >= 0.3 is 0 Å². The number of benzene rings is 1. The molecule has 7 heteroatoms. The van der Waals surface area contributed by atoms with Crippen LogP contribution in [0.3, 0.4) is 0 Å². The van der Waals surface area contributed by atoms with Gasteiger partial charge in [-0.15, -0.1) is 10.2 Å². The molecule has 0 N–H and O–H groups in total. The second kappa shape index (κ2) is 7.70. The number of ketones is 1. The number of hydrogen-bond donors (Lipinski definition) is 0. The predicted molar refractivity (Wildman–Crippen MR) is 102 cm³/mol. The van der Waals surface area contributed by atoms with Crippen molar-refractivity contribution in [3.63, 3.8) is 0 Å². The molecule has 26 heavy (non-hydrogen) atoms. The molecule has 0 atom stereocenters. The maximum atomic E-state index is 12.7. The normalized spacial score (nSPS) is 10.8. The number of aromatic nitrogens is 4. The summed E-state index contributed by atoms with van der Waals surface area (Å²) in [6, 6.07) is 7.55. The van der Waals surface area contributed by atoms with Crippen LogP contribution in [0.2, 0.25) is 0 Å². The molecule has 2 aromatic heterocycles. The van der Waals surface area contributed by atoms with E-state index in [0.29, 0.717) is 16.5 Å². The molecule has 134 valence electrons. The van der Waals surface area contributed by atoms with Crippen LogP contribution >= 0.6 is 11.8 Å². The van der Waals surface area contributed by atoms with Crippen molar-refractivity contribution in [1.82, 2.24) is 19.7 Å². The summed E-state index contributed by atoms with van der Waals surface area (Å²) in [6.07, 6.45) is 3.43. The predicted octanol–water partition coefficient (Wildman–Crippen LogP) is 3.48. The minimum atomic E-state index is 0.0618. The van der Waals surface area contributed by atoms with Crippen molar-refractivity contribution in [3.8, 4) is 17.1 Å². The second-order valence-corrected chi connectivity index (χ2v) is 6.89. The summed E-state index contributed by atoms with van der Waals surface area (Å²) in [5, 5.41) is 9.14. The van der Waals surface area contributed by atoms with Crippen LogP contribution in [0.25, 0.3) is 11.4 Å². The van der Waals surface area contributed by atoms with Gasteiger partial charge in [0.15, 0.2) is 16.8 Å². The molecule has 0 spiro atoms. The summed E-state index contributed by atoms with van der Waals surface area (Å²) >= 11 is 1.38. The molecule has 0 saturated heterocycles. The van der Waals surface area contributed by atoms with Crippen LogP contribution in [0.5, 0.6) is 5.75 Å². The zero-order chi connectivity index (χ0) is 18.7. The van der Waals surface area contributed by atoms with Gasteiger partial charge in [0, 0.05) is 30.6 Å². The molecule has 2 heterocycles. The van der Waals surface area contributed by atoms with Crippen molar-refractivity contribution in [2.24, 2.45) is 7.05 Å². The average molecular weight is 368 g/mol. The van der Waals surface area contributed by atoms with Gasteiger partial charge in [-0.25, -0.2) is 0 Å². The second-order valence-electron chi connectivity index (χ2n) is 5.95. The molecule has 0 saturated carbocycles. The van der Waals surface area contributed by atoms with E-state index < -0.39 is 0 Å². The highest BCUT2D eigenvalue weighted by Gasteiger charge is 2.16. The Morgan fingerprint density at radius 2 is 1.88 bits per heavy atom. The first kappa shape index (κ1) is 18.1. The number of aryl methyl sites for hydroxylation is 2. The zero-order valence-electron chi connectivity index (χ0n) is 15.2. The number of hydrogen-bond acceptors (Lipinski definition) is 6. The quantitative estimate of drug-likeness (QED) is 0.490. The molecular weight excluding hydrogens is 348 g/mol. The number of carbonyl (C=O) groups is 1. The van der Waals surface area contributed by atoms with Crippen molar-refractivity contribution in [1.29, 1.82) is 0 Å². The fourth-order valence-electron chi connectivity index (χ4n) is 2.71. The summed E-state index contributed by atoms with van der Waals surface area (Å²) in [6.45, 7) is 3.86. The van der Waals surface area contributed by atoms with Gasteiger partial charge in [0.1, 0.15) is 5.75 Å². The first-order valence-electron chi connectivity index (χ1n) is 8.12. The molecule has 0 aliphatic carbocycles. The topological polar surface area (TPSA) is 69.9 Å². The van der Waals surface area contributed by atoms with Gasteiger partial charge in [-0.3, -0.25) is 9.78 Å². The lowest BCUT2D eigenvalue weighted by molar-refractivity contribution is 0.102. The fraction of sp³-hybridized carbons (Fsp3) is 0.263. The van der Waals surface area contributed by atoms with E-state index in [1.165, 1.54) is 11.8 Å². The molecular formula is C19H20N4O2S. The van der Waals surface area contributed by atoms with E-state index in [0.717, 1.165) is 28.3 Å². The van der Waals surface area contributed by atoms with E-state index in [9.17, 15) is 4.79 Å². The third-order valence-corrected chi connectivity index (χ3v) is 5.17. The largest absolute Gasteiger partial charge is 0.496 e. The number of nitrogens with zero attached hydrogens (tertiary/aromatic N) is 4. The van der Waals surface area contributed by atoms with Gasteiger partial charge < -0.3 is 9.30 Å². The first-order valence-corrected chi connectivity index (χ1v) is 9.11. The lowest BCUT2D eigenvalue weighted by Gasteiger charge is -2.10. The Morgan fingerprint density at radius 1 is 1.15 bits per heavy atom. The van der Waals surface area contributed by atoms with Crippen LogP contribution in [-0.4, -0.2) is 38.4 Å². The monoisotopic (exact) mass is 368 g/mol. The molecule has 0 fully saturated rings. The van der Waals surface area contributed by atoms with Crippen LogP contribution in [0.4, 0.5) is 0 Å². The van der Waals surface area contributed by atoms with E-state index in [2.05, 4.69) is 15.2 Å². The number of thioether (sulfide) groups is 1. The van der Waals surface area contributed by atoms with E-state index in [1.54, 1.807) is 19.5 Å². The van der Waals surface area contributed by atoms with Crippen LogP contribution < -0.4 is 4.74 Å². The average Bonchev–Trinajstić information content (AvgIpc) is 3.02. The van der Waals surface area contributed by atoms with Gasteiger partial charge in [0.05, 0.1) is 12.9 Å². The maximum Gasteiger partial charge on any atom is 0.191 e. The van der Waals surface area contributed by atoms with Crippen molar-refractivity contribution < 1.29 is 9.53 Å². The smallest absolute Gasteiger partial charge is 0.191 e. The molecule has 0 amide bonds. The van der Waals surface area contributed by atoms with Gasteiger partial charge in [-0.05, 0) is 49.2 Å². The van der Waals surface area contributed by atoms with E-state index in [4.69, 9.17) is 4.74 Å². The van der Waals surface area contributed by atoms with Crippen LogP contribution in [-0.2, 0) is 7.05 Å². The van der Waals surface area contributed by atoms with Gasteiger partial charge in [-0.1, -0.05) is 11.8 Å². The molecule has 3 aromatic rings. The number of pyridine rings is 1. The maximum absolute atomic E-state index is 12.7. The molecule has 0 unspecified atom stereocenters. The Morgan fingerprint density at radius 3 is 2.58 bits per heavy atom.